The number of nitrogens with zero attached hydrogens (tertiary/aromatic N) is 6. The van der Waals surface area contributed by atoms with Gasteiger partial charge in [-0.25, -0.2) is 14.5 Å². The smallest absolute Gasteiger partial charge is 0.346 e. The Hall–Kier alpha value is -4.67. The topological polar surface area (TPSA) is 147 Å². The maximum Gasteiger partial charge on any atom is 0.346 e. The van der Waals surface area contributed by atoms with E-state index >= 15 is 0 Å². The Morgan fingerprint density at radius 2 is 1.78 bits per heavy atom. The molecule has 1 saturated heterocycles. The number of aromatic nitrogens is 5. The standard InChI is InChI=1S/C25H26N8O3/c26-23-21(24(27)34)22(17-9-11-20(12-10-17)36-19-7-2-1-3-8-19)30-32(23)14-18-6-4-5-13-31(18)25(35)33-16-28-15-29-33/h1-3,7-12,15-16,18H,4-6,13-14,26H2,(H2,27,34)/t18-/m0/s1. The minimum atomic E-state index is -0.669. The first-order valence-electron chi connectivity index (χ1n) is 11.7. The number of carbonyl (C=O) groups excluding carboxylic acids is 2. The van der Waals surface area contributed by atoms with Gasteiger partial charge in [0.2, 0.25) is 0 Å². The molecule has 4 aromatic rings. The van der Waals surface area contributed by atoms with Gasteiger partial charge < -0.3 is 21.1 Å². The molecule has 0 radical (unpaired) electrons. The van der Waals surface area contributed by atoms with E-state index in [-0.39, 0.29) is 23.5 Å². The summed E-state index contributed by atoms with van der Waals surface area (Å²) >= 11 is 0. The summed E-state index contributed by atoms with van der Waals surface area (Å²) in [5, 5.41) is 8.60. The van der Waals surface area contributed by atoms with Crippen molar-refractivity contribution in [2.24, 2.45) is 5.73 Å². The third kappa shape index (κ3) is 4.63. The molecule has 2 aromatic heterocycles. The molecular formula is C25H26N8O3. The van der Waals surface area contributed by atoms with E-state index in [2.05, 4.69) is 15.2 Å². The molecule has 0 saturated carbocycles. The monoisotopic (exact) mass is 486 g/mol. The molecule has 2 amide bonds. The fourth-order valence-electron chi connectivity index (χ4n) is 4.45. The van der Waals surface area contributed by atoms with Crippen LogP contribution in [0.25, 0.3) is 11.3 Å². The number of likely N-dealkylation sites (tertiary alicyclic amines) is 1. The zero-order chi connectivity index (χ0) is 25.1. The summed E-state index contributed by atoms with van der Waals surface area (Å²) in [6.45, 7) is 0.907. The summed E-state index contributed by atoms with van der Waals surface area (Å²) in [7, 11) is 0. The van der Waals surface area contributed by atoms with Gasteiger partial charge in [0.25, 0.3) is 5.91 Å². The number of ether oxygens (including phenoxy) is 1. The lowest BCUT2D eigenvalue weighted by Crippen LogP contribution is -2.48. The predicted molar refractivity (Wildman–Crippen MR) is 132 cm³/mol. The lowest BCUT2D eigenvalue weighted by molar-refractivity contribution is 0.100. The van der Waals surface area contributed by atoms with Crippen molar-refractivity contribution in [2.45, 2.75) is 31.8 Å². The summed E-state index contributed by atoms with van der Waals surface area (Å²) in [5.41, 5.74) is 13.3. The van der Waals surface area contributed by atoms with Crippen molar-refractivity contribution in [1.29, 1.82) is 0 Å². The molecule has 1 fully saturated rings. The van der Waals surface area contributed by atoms with Crippen LogP contribution in [-0.4, -0.2) is 54.0 Å². The molecule has 5 rings (SSSR count). The number of hydrogen-bond acceptors (Lipinski definition) is 7. The van der Waals surface area contributed by atoms with Gasteiger partial charge in [0.1, 0.15) is 41.2 Å². The van der Waals surface area contributed by atoms with Gasteiger partial charge in [-0.3, -0.25) is 4.79 Å². The molecule has 1 aliphatic heterocycles. The second kappa shape index (κ2) is 9.90. The molecule has 1 aliphatic rings. The van der Waals surface area contributed by atoms with E-state index in [4.69, 9.17) is 16.2 Å². The summed E-state index contributed by atoms with van der Waals surface area (Å²) in [6, 6.07) is 16.2. The summed E-state index contributed by atoms with van der Waals surface area (Å²) in [6.07, 6.45) is 5.33. The van der Waals surface area contributed by atoms with E-state index < -0.39 is 5.91 Å². The molecule has 11 nitrogen and oxygen atoms in total. The van der Waals surface area contributed by atoms with Crippen LogP contribution >= 0.6 is 0 Å². The van der Waals surface area contributed by atoms with Crippen molar-refractivity contribution < 1.29 is 14.3 Å². The van der Waals surface area contributed by atoms with Crippen LogP contribution in [0.4, 0.5) is 10.6 Å². The van der Waals surface area contributed by atoms with Gasteiger partial charge in [-0.15, -0.1) is 0 Å². The van der Waals surface area contributed by atoms with Gasteiger partial charge in [0.05, 0.1) is 12.6 Å². The van der Waals surface area contributed by atoms with Crippen molar-refractivity contribution in [3.05, 3.63) is 72.8 Å². The average molecular weight is 487 g/mol. The van der Waals surface area contributed by atoms with Crippen LogP contribution in [0.15, 0.2) is 67.3 Å². The number of rotatable bonds is 6. The summed E-state index contributed by atoms with van der Waals surface area (Å²) in [4.78, 5) is 30.9. The van der Waals surface area contributed by atoms with Crippen LogP contribution in [-0.2, 0) is 6.54 Å². The van der Waals surface area contributed by atoms with E-state index in [0.717, 1.165) is 19.3 Å². The molecule has 36 heavy (non-hydrogen) atoms. The van der Waals surface area contributed by atoms with Gasteiger partial charge in [-0.2, -0.15) is 14.9 Å². The minimum absolute atomic E-state index is 0.150. The van der Waals surface area contributed by atoms with E-state index in [9.17, 15) is 9.59 Å². The quantitative estimate of drug-likeness (QED) is 0.425. The molecule has 1 atom stereocenters. The number of carbonyl (C=O) groups is 2. The van der Waals surface area contributed by atoms with E-state index in [1.54, 1.807) is 33.8 Å². The van der Waals surface area contributed by atoms with Crippen LogP contribution in [0.3, 0.4) is 0 Å². The van der Waals surface area contributed by atoms with Crippen LogP contribution in [0.2, 0.25) is 0 Å². The Morgan fingerprint density at radius 1 is 1.03 bits per heavy atom. The molecule has 0 unspecified atom stereocenters. The number of primary amides is 1. The highest BCUT2D eigenvalue weighted by Gasteiger charge is 2.30. The number of nitrogens with two attached hydrogens (primary N) is 2. The number of benzene rings is 2. The Labute approximate surface area is 207 Å². The molecule has 0 spiro atoms. The normalized spacial score (nSPS) is 15.6. The Morgan fingerprint density at radius 3 is 2.47 bits per heavy atom. The molecule has 0 aliphatic carbocycles. The molecule has 0 bridgehead atoms. The van der Waals surface area contributed by atoms with Gasteiger partial charge in [0, 0.05) is 12.1 Å². The Balaban J connectivity index is 1.41. The Bertz CT molecular complexity index is 1350. The number of amides is 2. The van der Waals surface area contributed by atoms with Gasteiger partial charge in [-0.1, -0.05) is 18.2 Å². The lowest BCUT2D eigenvalue weighted by atomic mass is 10.0. The first-order valence-corrected chi connectivity index (χ1v) is 11.7. The second-order valence-electron chi connectivity index (χ2n) is 8.56. The fourth-order valence-corrected chi connectivity index (χ4v) is 4.45. The third-order valence-corrected chi connectivity index (χ3v) is 6.22. The number of para-hydroxylation sites is 1. The molecule has 184 valence electrons. The largest absolute Gasteiger partial charge is 0.457 e. The number of anilines is 1. The van der Waals surface area contributed by atoms with Crippen LogP contribution < -0.4 is 16.2 Å². The molecule has 4 N–H and O–H groups in total. The average Bonchev–Trinajstić information content (AvgIpc) is 3.54. The van der Waals surface area contributed by atoms with Crippen molar-refractivity contribution in [3.8, 4) is 22.8 Å². The number of nitrogen functional groups attached to an aromatic ring is 1. The highest BCUT2D eigenvalue weighted by atomic mass is 16.5. The van der Waals surface area contributed by atoms with Gasteiger partial charge in [0.15, 0.2) is 0 Å². The highest BCUT2D eigenvalue weighted by molar-refractivity contribution is 6.03. The lowest BCUT2D eigenvalue weighted by Gasteiger charge is -2.35. The van der Waals surface area contributed by atoms with Crippen molar-refractivity contribution in [1.82, 2.24) is 29.4 Å². The van der Waals surface area contributed by atoms with Crippen LogP contribution in [0.1, 0.15) is 29.6 Å². The SMILES string of the molecule is NC(=O)c1c(-c2ccc(Oc3ccccc3)cc2)nn(C[C@@H]2CCCCN2C(=O)n2cncn2)c1N. The zero-order valence-corrected chi connectivity index (χ0v) is 19.5. The van der Waals surface area contributed by atoms with Gasteiger partial charge >= 0.3 is 6.03 Å². The maximum absolute atomic E-state index is 13.0. The zero-order valence-electron chi connectivity index (χ0n) is 19.5. The molecule has 2 aromatic carbocycles. The van der Waals surface area contributed by atoms with E-state index in [1.807, 2.05) is 30.3 Å². The van der Waals surface area contributed by atoms with Crippen molar-refractivity contribution in [2.75, 3.05) is 12.3 Å². The first-order chi connectivity index (χ1) is 17.5. The fraction of sp³-hybridized carbons (Fsp3) is 0.240. The summed E-state index contributed by atoms with van der Waals surface area (Å²) < 4.78 is 8.62. The first kappa shape index (κ1) is 23.1. The second-order valence-corrected chi connectivity index (χ2v) is 8.56. The molecule has 11 heteroatoms. The number of hydrogen-bond donors (Lipinski definition) is 2. The highest BCUT2D eigenvalue weighted by Crippen LogP contribution is 2.31. The maximum atomic E-state index is 13.0. The van der Waals surface area contributed by atoms with Crippen molar-refractivity contribution in [3.63, 3.8) is 0 Å². The molecule has 3 heterocycles. The minimum Gasteiger partial charge on any atom is -0.457 e. The van der Waals surface area contributed by atoms with E-state index in [0.29, 0.717) is 35.8 Å². The molecular weight excluding hydrogens is 460 g/mol. The van der Waals surface area contributed by atoms with Gasteiger partial charge in [-0.05, 0) is 55.7 Å². The number of piperidine rings is 1. The third-order valence-electron chi connectivity index (χ3n) is 6.22. The predicted octanol–water partition coefficient (Wildman–Crippen LogP) is 3.14. The van der Waals surface area contributed by atoms with Crippen molar-refractivity contribution >= 4 is 17.8 Å². The van der Waals surface area contributed by atoms with Crippen LogP contribution in [0, 0.1) is 0 Å². The Kier molecular flexibility index (Phi) is 6.35. The summed E-state index contributed by atoms with van der Waals surface area (Å²) in [5.74, 6) is 0.856. The van der Waals surface area contributed by atoms with E-state index in [1.165, 1.54) is 17.3 Å². The van der Waals surface area contributed by atoms with Crippen LogP contribution in [0.5, 0.6) is 11.5 Å².